The highest BCUT2D eigenvalue weighted by Gasteiger charge is 2.29. The van der Waals surface area contributed by atoms with Gasteiger partial charge in [0.15, 0.2) is 5.75 Å². The zero-order valence-corrected chi connectivity index (χ0v) is 14.1. The maximum Gasteiger partial charge on any atom is 0.161 e. The summed E-state index contributed by atoms with van der Waals surface area (Å²) in [7, 11) is 3.82. The van der Waals surface area contributed by atoms with Crippen molar-refractivity contribution in [1.82, 2.24) is 15.1 Å². The number of methoxy groups -OCH3 is 1. The Balaban J connectivity index is 2.28. The van der Waals surface area contributed by atoms with Gasteiger partial charge in [0.25, 0.3) is 0 Å². The predicted octanol–water partition coefficient (Wildman–Crippen LogP) is 4.09. The van der Waals surface area contributed by atoms with E-state index in [0.29, 0.717) is 18.0 Å². The van der Waals surface area contributed by atoms with Crippen molar-refractivity contribution in [3.8, 4) is 5.75 Å². The second-order valence-corrected chi connectivity index (χ2v) is 6.51. The summed E-state index contributed by atoms with van der Waals surface area (Å²) in [6.45, 7) is 4.36. The molecule has 1 aliphatic rings. The molecular formula is C17H31N3O. The molecule has 4 heteroatoms. The number of aromatic nitrogens is 2. The Morgan fingerprint density at radius 3 is 2.33 bits per heavy atom. The van der Waals surface area contributed by atoms with Gasteiger partial charge in [-0.25, -0.2) is 0 Å². The van der Waals surface area contributed by atoms with E-state index in [9.17, 15) is 0 Å². The molecule has 1 N–H and O–H groups in total. The molecule has 120 valence electrons. The molecule has 1 heterocycles. The first-order valence-corrected chi connectivity index (χ1v) is 8.47. The van der Waals surface area contributed by atoms with Crippen molar-refractivity contribution < 1.29 is 4.74 Å². The van der Waals surface area contributed by atoms with E-state index in [1.807, 2.05) is 6.20 Å². The third-order valence-electron chi connectivity index (χ3n) is 4.73. The Bertz CT molecular complexity index is 420. The summed E-state index contributed by atoms with van der Waals surface area (Å²) in [4.78, 5) is 0. The number of nitrogens with zero attached hydrogens (tertiary/aromatic N) is 2. The molecule has 1 aliphatic carbocycles. The van der Waals surface area contributed by atoms with Crippen molar-refractivity contribution >= 4 is 0 Å². The summed E-state index contributed by atoms with van der Waals surface area (Å²) in [5, 5.41) is 8.10. The number of nitrogens with one attached hydrogen (secondary N) is 1. The summed E-state index contributed by atoms with van der Waals surface area (Å²) in [6, 6.07) is 0.691. The average molecular weight is 293 g/mol. The van der Waals surface area contributed by atoms with Crippen LogP contribution in [0.15, 0.2) is 6.20 Å². The van der Waals surface area contributed by atoms with Crippen molar-refractivity contribution in [2.75, 3.05) is 14.2 Å². The quantitative estimate of drug-likeness (QED) is 0.888. The minimum absolute atomic E-state index is 0.336. The maximum absolute atomic E-state index is 5.58. The SMILES string of the molecule is CNC(c1c(OC)cnn1C(C)C)C1CCCCCCC1. The highest BCUT2D eigenvalue weighted by Crippen LogP contribution is 2.37. The van der Waals surface area contributed by atoms with Crippen molar-refractivity contribution in [3.05, 3.63) is 11.9 Å². The predicted molar refractivity (Wildman–Crippen MR) is 86.8 cm³/mol. The van der Waals surface area contributed by atoms with Crippen LogP contribution in [0.25, 0.3) is 0 Å². The van der Waals surface area contributed by atoms with Gasteiger partial charge in [0.2, 0.25) is 0 Å². The van der Waals surface area contributed by atoms with E-state index < -0.39 is 0 Å². The second-order valence-electron chi connectivity index (χ2n) is 6.51. The van der Waals surface area contributed by atoms with Crippen LogP contribution in [0.1, 0.15) is 76.6 Å². The Morgan fingerprint density at radius 2 is 1.81 bits per heavy atom. The third kappa shape index (κ3) is 3.79. The zero-order valence-electron chi connectivity index (χ0n) is 14.1. The standard InChI is InChI=1S/C17H31N3O/c1-13(2)20-17(15(21-4)12-19-20)16(18-3)14-10-8-6-5-7-9-11-14/h12-14,16,18H,5-11H2,1-4H3. The lowest BCUT2D eigenvalue weighted by atomic mass is 9.84. The molecular weight excluding hydrogens is 262 g/mol. The smallest absolute Gasteiger partial charge is 0.161 e. The molecule has 0 aromatic carbocycles. The van der Waals surface area contributed by atoms with Gasteiger partial charge in [-0.05, 0) is 39.7 Å². The summed E-state index contributed by atoms with van der Waals surface area (Å²) in [5.41, 5.74) is 1.22. The van der Waals surface area contributed by atoms with Crippen LogP contribution in [0.3, 0.4) is 0 Å². The minimum atomic E-state index is 0.336. The Morgan fingerprint density at radius 1 is 1.19 bits per heavy atom. The first kappa shape index (κ1) is 16.3. The van der Waals surface area contributed by atoms with E-state index in [1.54, 1.807) is 7.11 Å². The number of hydrogen-bond donors (Lipinski definition) is 1. The zero-order chi connectivity index (χ0) is 15.2. The van der Waals surface area contributed by atoms with E-state index >= 15 is 0 Å². The fourth-order valence-corrected chi connectivity index (χ4v) is 3.64. The van der Waals surface area contributed by atoms with Crippen molar-refractivity contribution in [1.29, 1.82) is 0 Å². The fraction of sp³-hybridized carbons (Fsp3) is 0.824. The molecule has 0 aliphatic heterocycles. The van der Waals surface area contributed by atoms with Crippen LogP contribution >= 0.6 is 0 Å². The van der Waals surface area contributed by atoms with E-state index in [0.717, 1.165) is 5.75 Å². The van der Waals surface area contributed by atoms with Gasteiger partial charge >= 0.3 is 0 Å². The summed E-state index contributed by atoms with van der Waals surface area (Å²) in [5.74, 6) is 1.60. The van der Waals surface area contributed by atoms with E-state index in [1.165, 1.54) is 50.6 Å². The fourth-order valence-electron chi connectivity index (χ4n) is 3.64. The highest BCUT2D eigenvalue weighted by atomic mass is 16.5. The largest absolute Gasteiger partial charge is 0.493 e. The number of rotatable bonds is 5. The molecule has 1 atom stereocenters. The molecule has 0 radical (unpaired) electrons. The van der Waals surface area contributed by atoms with E-state index in [4.69, 9.17) is 4.74 Å². The molecule has 2 rings (SSSR count). The topological polar surface area (TPSA) is 39.1 Å². The van der Waals surface area contributed by atoms with Crippen LogP contribution in [0, 0.1) is 5.92 Å². The van der Waals surface area contributed by atoms with Gasteiger partial charge in [-0.3, -0.25) is 4.68 Å². The molecule has 0 spiro atoms. The monoisotopic (exact) mass is 293 g/mol. The molecule has 0 bridgehead atoms. The van der Waals surface area contributed by atoms with Crippen LogP contribution in [0.5, 0.6) is 5.75 Å². The van der Waals surface area contributed by atoms with Crippen molar-refractivity contribution in [3.63, 3.8) is 0 Å². The Hall–Kier alpha value is -1.03. The molecule has 1 aromatic heterocycles. The van der Waals surface area contributed by atoms with Crippen LogP contribution in [-0.2, 0) is 0 Å². The molecule has 0 saturated heterocycles. The van der Waals surface area contributed by atoms with E-state index in [2.05, 4.69) is 36.0 Å². The second kappa shape index (κ2) is 7.83. The van der Waals surface area contributed by atoms with Gasteiger partial charge in [-0.15, -0.1) is 0 Å². The Kier molecular flexibility index (Phi) is 6.09. The molecule has 1 unspecified atom stereocenters. The first-order chi connectivity index (χ1) is 10.2. The van der Waals surface area contributed by atoms with Crippen LogP contribution in [0.4, 0.5) is 0 Å². The maximum atomic E-state index is 5.58. The molecule has 1 saturated carbocycles. The lowest BCUT2D eigenvalue weighted by molar-refractivity contribution is 0.276. The van der Waals surface area contributed by atoms with Gasteiger partial charge < -0.3 is 10.1 Å². The summed E-state index contributed by atoms with van der Waals surface area (Å²) < 4.78 is 7.71. The summed E-state index contributed by atoms with van der Waals surface area (Å²) >= 11 is 0. The van der Waals surface area contributed by atoms with Gasteiger partial charge in [0.1, 0.15) is 0 Å². The van der Waals surface area contributed by atoms with Gasteiger partial charge in [0.05, 0.1) is 25.0 Å². The molecule has 21 heavy (non-hydrogen) atoms. The third-order valence-corrected chi connectivity index (χ3v) is 4.73. The van der Waals surface area contributed by atoms with Crippen LogP contribution in [-0.4, -0.2) is 23.9 Å². The first-order valence-electron chi connectivity index (χ1n) is 8.47. The Labute approximate surface area is 129 Å². The van der Waals surface area contributed by atoms with Gasteiger partial charge in [-0.1, -0.05) is 32.1 Å². The average Bonchev–Trinajstić information content (AvgIpc) is 2.85. The molecule has 1 fully saturated rings. The lowest BCUT2D eigenvalue weighted by Gasteiger charge is -2.30. The molecule has 4 nitrogen and oxygen atoms in total. The summed E-state index contributed by atoms with van der Waals surface area (Å²) in [6.07, 6.45) is 11.3. The lowest BCUT2D eigenvalue weighted by Crippen LogP contribution is -2.29. The van der Waals surface area contributed by atoms with E-state index in [-0.39, 0.29) is 0 Å². The van der Waals surface area contributed by atoms with Gasteiger partial charge in [0, 0.05) is 6.04 Å². The highest BCUT2D eigenvalue weighted by molar-refractivity contribution is 5.29. The number of hydrogen-bond acceptors (Lipinski definition) is 3. The number of ether oxygens (including phenoxy) is 1. The van der Waals surface area contributed by atoms with Crippen LogP contribution < -0.4 is 10.1 Å². The van der Waals surface area contributed by atoms with Crippen molar-refractivity contribution in [2.24, 2.45) is 5.92 Å². The molecule has 0 amide bonds. The van der Waals surface area contributed by atoms with Crippen LogP contribution in [0.2, 0.25) is 0 Å². The molecule has 1 aromatic rings. The minimum Gasteiger partial charge on any atom is -0.493 e. The normalized spacial score (nSPS) is 19.3. The van der Waals surface area contributed by atoms with Gasteiger partial charge in [-0.2, -0.15) is 5.10 Å². The van der Waals surface area contributed by atoms with Crippen molar-refractivity contribution in [2.45, 2.75) is 70.9 Å².